The quantitative estimate of drug-likeness (QED) is 0.154. The number of hydrogen-bond donors (Lipinski definition) is 0. The molecule has 5 heteroatoms. The van der Waals surface area contributed by atoms with Gasteiger partial charge in [-0.05, 0) is 70.1 Å². The van der Waals surface area contributed by atoms with Gasteiger partial charge in [0.1, 0.15) is 0 Å². The van der Waals surface area contributed by atoms with Gasteiger partial charge < -0.3 is 0 Å². The zero-order chi connectivity index (χ0) is 37.3. The molecule has 10 aromatic rings. The molecule has 5 nitrogen and oxygen atoms in total. The first-order valence-electron chi connectivity index (χ1n) is 18.7. The second kappa shape index (κ2) is 14.3. The number of aromatic nitrogens is 5. The third-order valence-corrected chi connectivity index (χ3v) is 10.2. The predicted octanol–water partition coefficient (Wildman–Crippen LogP) is 12.6. The van der Waals surface area contributed by atoms with Gasteiger partial charge in [-0.1, -0.05) is 146 Å². The van der Waals surface area contributed by atoms with E-state index >= 15 is 0 Å². The summed E-state index contributed by atoms with van der Waals surface area (Å²) in [7, 11) is 0. The first kappa shape index (κ1) is 33.0. The fourth-order valence-corrected chi connectivity index (χ4v) is 7.37. The Morgan fingerprint density at radius 1 is 0.286 bits per heavy atom. The molecule has 56 heavy (non-hydrogen) atoms. The van der Waals surface area contributed by atoms with Crippen molar-refractivity contribution in [1.82, 2.24) is 24.9 Å². The van der Waals surface area contributed by atoms with Crippen LogP contribution < -0.4 is 0 Å². The number of nitrogens with zero attached hydrogens (tertiary/aromatic N) is 5. The van der Waals surface area contributed by atoms with Crippen molar-refractivity contribution >= 4 is 21.7 Å². The second-order valence-corrected chi connectivity index (χ2v) is 13.7. The van der Waals surface area contributed by atoms with Crippen LogP contribution in [0, 0.1) is 0 Å². The van der Waals surface area contributed by atoms with Crippen LogP contribution in [0.3, 0.4) is 0 Å². The SMILES string of the molecule is c1ccc(-c2nc(-c3ccc(-c4cccnc4)cc3)cc(-c3cccc(-c4cccc(-c5cccc(-c6nc7ccccc7c7ccccc67)n5)c4)c3)n2)cc1. The Morgan fingerprint density at radius 2 is 0.857 bits per heavy atom. The molecule has 262 valence electrons. The summed E-state index contributed by atoms with van der Waals surface area (Å²) in [4.78, 5) is 24.7. The number of para-hydroxylation sites is 1. The van der Waals surface area contributed by atoms with E-state index in [1.807, 2.05) is 36.5 Å². The average molecular weight is 716 g/mol. The maximum Gasteiger partial charge on any atom is 0.160 e. The van der Waals surface area contributed by atoms with Crippen LogP contribution in [0.5, 0.6) is 0 Å². The van der Waals surface area contributed by atoms with E-state index < -0.39 is 0 Å². The molecule has 4 heterocycles. The third kappa shape index (κ3) is 6.37. The van der Waals surface area contributed by atoms with Gasteiger partial charge in [0.25, 0.3) is 0 Å². The van der Waals surface area contributed by atoms with E-state index in [1.165, 1.54) is 5.39 Å². The van der Waals surface area contributed by atoms with Crippen LogP contribution in [0.15, 0.2) is 200 Å². The molecule has 0 amide bonds. The Bertz CT molecular complexity index is 3020. The van der Waals surface area contributed by atoms with Crippen molar-refractivity contribution < 1.29 is 0 Å². The van der Waals surface area contributed by atoms with E-state index in [-0.39, 0.29) is 0 Å². The van der Waals surface area contributed by atoms with E-state index in [4.69, 9.17) is 19.9 Å². The monoisotopic (exact) mass is 715 g/mol. The standard InChI is InChI=1S/C51H33N5/c1-2-12-36(13-3-1)51-55-48(35-27-25-34(26-28-35)41-18-11-29-52-33-41)32-49(56-51)40-17-9-15-38(31-40)37-14-8-16-39(30-37)45-23-10-24-47(53-45)50-44-21-5-4-19-42(44)43-20-6-7-22-46(43)54-50/h1-33H. The minimum atomic E-state index is 0.682. The van der Waals surface area contributed by atoms with Crippen molar-refractivity contribution in [2.45, 2.75) is 0 Å². The molecule has 0 bridgehead atoms. The number of pyridine rings is 3. The predicted molar refractivity (Wildman–Crippen MR) is 228 cm³/mol. The highest BCUT2D eigenvalue weighted by Crippen LogP contribution is 2.35. The molecule has 0 N–H and O–H groups in total. The fourth-order valence-electron chi connectivity index (χ4n) is 7.37. The maximum absolute atomic E-state index is 5.19. The summed E-state index contributed by atoms with van der Waals surface area (Å²) in [5, 5.41) is 3.40. The second-order valence-electron chi connectivity index (χ2n) is 13.7. The summed E-state index contributed by atoms with van der Waals surface area (Å²) >= 11 is 0. The lowest BCUT2D eigenvalue weighted by Crippen LogP contribution is -1.96. The summed E-state index contributed by atoms with van der Waals surface area (Å²) in [5.41, 5.74) is 13.7. The lowest BCUT2D eigenvalue weighted by Gasteiger charge is -2.12. The Balaban J connectivity index is 1.01. The lowest BCUT2D eigenvalue weighted by atomic mass is 9.98. The van der Waals surface area contributed by atoms with Crippen LogP contribution in [0.25, 0.3) is 100 Å². The molecule has 0 saturated heterocycles. The Kier molecular flexibility index (Phi) is 8.43. The molecule has 0 aliphatic heterocycles. The summed E-state index contributed by atoms with van der Waals surface area (Å²) in [6.07, 6.45) is 3.67. The average Bonchev–Trinajstić information content (AvgIpc) is 3.29. The number of fused-ring (bicyclic) bond motifs is 3. The minimum absolute atomic E-state index is 0.682. The Hall–Kier alpha value is -7.63. The Morgan fingerprint density at radius 3 is 1.61 bits per heavy atom. The van der Waals surface area contributed by atoms with Crippen molar-refractivity contribution in [2.75, 3.05) is 0 Å². The molecular formula is C51H33N5. The van der Waals surface area contributed by atoms with Gasteiger partial charge in [-0.3, -0.25) is 4.98 Å². The molecule has 0 unspecified atom stereocenters. The van der Waals surface area contributed by atoms with Crippen LogP contribution >= 0.6 is 0 Å². The van der Waals surface area contributed by atoms with Crippen molar-refractivity contribution in [3.05, 3.63) is 200 Å². The summed E-state index contributed by atoms with van der Waals surface area (Å²) in [6, 6.07) is 64.8. The number of hydrogen-bond acceptors (Lipinski definition) is 5. The first-order valence-corrected chi connectivity index (χ1v) is 18.7. The van der Waals surface area contributed by atoms with Crippen LogP contribution in [0.4, 0.5) is 0 Å². The molecule has 0 aliphatic carbocycles. The highest BCUT2D eigenvalue weighted by molar-refractivity contribution is 6.10. The highest BCUT2D eigenvalue weighted by atomic mass is 14.9. The largest absolute Gasteiger partial charge is 0.264 e. The van der Waals surface area contributed by atoms with Crippen LogP contribution in [0.2, 0.25) is 0 Å². The lowest BCUT2D eigenvalue weighted by molar-refractivity contribution is 1.18. The third-order valence-electron chi connectivity index (χ3n) is 10.2. The van der Waals surface area contributed by atoms with Gasteiger partial charge in [-0.15, -0.1) is 0 Å². The molecule has 0 radical (unpaired) electrons. The minimum Gasteiger partial charge on any atom is -0.264 e. The van der Waals surface area contributed by atoms with Gasteiger partial charge in [-0.25, -0.2) is 19.9 Å². The zero-order valence-corrected chi connectivity index (χ0v) is 30.3. The highest BCUT2D eigenvalue weighted by Gasteiger charge is 2.14. The van der Waals surface area contributed by atoms with Crippen LogP contribution in [0.1, 0.15) is 0 Å². The number of rotatable bonds is 7. The fraction of sp³-hybridized carbons (Fsp3) is 0. The smallest absolute Gasteiger partial charge is 0.160 e. The van der Waals surface area contributed by atoms with Gasteiger partial charge in [-0.2, -0.15) is 0 Å². The summed E-state index contributed by atoms with van der Waals surface area (Å²) in [5.74, 6) is 0.682. The molecule has 10 rings (SSSR count). The first-order chi connectivity index (χ1) is 27.7. The molecular weight excluding hydrogens is 683 g/mol. The van der Waals surface area contributed by atoms with E-state index in [1.54, 1.807) is 6.20 Å². The molecule has 0 spiro atoms. The van der Waals surface area contributed by atoms with Gasteiger partial charge in [0, 0.05) is 45.4 Å². The van der Waals surface area contributed by atoms with Crippen molar-refractivity contribution in [3.63, 3.8) is 0 Å². The van der Waals surface area contributed by atoms with Crippen LogP contribution in [-0.4, -0.2) is 24.9 Å². The van der Waals surface area contributed by atoms with Gasteiger partial charge in [0.05, 0.1) is 34.0 Å². The zero-order valence-electron chi connectivity index (χ0n) is 30.3. The molecule has 4 aromatic heterocycles. The van der Waals surface area contributed by atoms with Crippen molar-refractivity contribution in [3.8, 4) is 78.8 Å². The van der Waals surface area contributed by atoms with Crippen molar-refractivity contribution in [2.24, 2.45) is 0 Å². The van der Waals surface area contributed by atoms with Crippen molar-refractivity contribution in [1.29, 1.82) is 0 Å². The maximum atomic E-state index is 5.19. The van der Waals surface area contributed by atoms with E-state index in [9.17, 15) is 0 Å². The Labute approximate surface area is 324 Å². The summed E-state index contributed by atoms with van der Waals surface area (Å²) < 4.78 is 0. The van der Waals surface area contributed by atoms with Gasteiger partial charge in [0.2, 0.25) is 0 Å². The van der Waals surface area contributed by atoms with Crippen LogP contribution in [-0.2, 0) is 0 Å². The molecule has 0 atom stereocenters. The topological polar surface area (TPSA) is 64.5 Å². The van der Waals surface area contributed by atoms with E-state index in [2.05, 4.69) is 163 Å². The summed E-state index contributed by atoms with van der Waals surface area (Å²) in [6.45, 7) is 0. The van der Waals surface area contributed by atoms with Gasteiger partial charge >= 0.3 is 0 Å². The van der Waals surface area contributed by atoms with Gasteiger partial charge in [0.15, 0.2) is 5.82 Å². The molecule has 0 aliphatic rings. The molecule has 6 aromatic carbocycles. The molecule has 0 saturated carbocycles. The van der Waals surface area contributed by atoms with E-state index in [0.717, 1.165) is 89.3 Å². The number of benzene rings is 6. The van der Waals surface area contributed by atoms with E-state index in [0.29, 0.717) is 5.82 Å². The normalized spacial score (nSPS) is 11.2. The molecule has 0 fully saturated rings.